The third-order valence-electron chi connectivity index (χ3n) is 2.46. The Kier molecular flexibility index (Phi) is 2.07. The van der Waals surface area contributed by atoms with Gasteiger partial charge in [-0.1, -0.05) is 0 Å². The van der Waals surface area contributed by atoms with E-state index in [1.54, 1.807) is 29.7 Å². The van der Waals surface area contributed by atoms with Crippen molar-refractivity contribution in [2.75, 3.05) is 6.61 Å². The van der Waals surface area contributed by atoms with Crippen LogP contribution in [-0.2, 0) is 4.74 Å². The van der Waals surface area contributed by atoms with Crippen molar-refractivity contribution in [3.8, 4) is 0 Å². The van der Waals surface area contributed by atoms with E-state index in [0.29, 0.717) is 23.6 Å². The molecular weight excluding hydrogens is 220 g/mol. The maximum Gasteiger partial charge on any atom is 0.354 e. The van der Waals surface area contributed by atoms with E-state index in [9.17, 15) is 4.79 Å². The predicted molar refractivity (Wildman–Crippen MR) is 60.8 cm³/mol. The SMILES string of the molecule is CCOC(=O)c1cc2nc3ncccn3c2[nH]1. The fraction of sp³-hybridized carbons (Fsp3) is 0.182. The van der Waals surface area contributed by atoms with Crippen LogP contribution < -0.4 is 0 Å². The molecule has 0 amide bonds. The van der Waals surface area contributed by atoms with E-state index in [1.165, 1.54) is 0 Å². The molecule has 3 aromatic rings. The molecular formula is C11H10N4O2. The number of fused-ring (bicyclic) bond motifs is 3. The number of ether oxygens (including phenoxy) is 1. The summed E-state index contributed by atoms with van der Waals surface area (Å²) in [4.78, 5) is 22.9. The highest BCUT2D eigenvalue weighted by atomic mass is 16.5. The number of hydrogen-bond donors (Lipinski definition) is 1. The molecule has 0 fully saturated rings. The molecule has 0 radical (unpaired) electrons. The molecule has 3 rings (SSSR count). The molecule has 0 aliphatic carbocycles. The summed E-state index contributed by atoms with van der Waals surface area (Å²) in [7, 11) is 0. The number of carbonyl (C=O) groups is 1. The van der Waals surface area contributed by atoms with Crippen molar-refractivity contribution >= 4 is 22.9 Å². The van der Waals surface area contributed by atoms with E-state index < -0.39 is 0 Å². The number of hydrogen-bond acceptors (Lipinski definition) is 4. The molecule has 17 heavy (non-hydrogen) atoms. The third kappa shape index (κ3) is 1.45. The van der Waals surface area contributed by atoms with Crippen LogP contribution in [0.15, 0.2) is 24.5 Å². The van der Waals surface area contributed by atoms with E-state index in [-0.39, 0.29) is 5.97 Å². The number of nitrogens with one attached hydrogen (secondary N) is 1. The minimum Gasteiger partial charge on any atom is -0.461 e. The first-order valence-corrected chi connectivity index (χ1v) is 5.28. The number of nitrogens with zero attached hydrogens (tertiary/aromatic N) is 3. The van der Waals surface area contributed by atoms with Gasteiger partial charge in [0.05, 0.1) is 6.61 Å². The van der Waals surface area contributed by atoms with Crippen LogP contribution in [0.3, 0.4) is 0 Å². The van der Waals surface area contributed by atoms with Gasteiger partial charge in [0, 0.05) is 12.4 Å². The number of carbonyl (C=O) groups excluding carboxylic acids is 1. The quantitative estimate of drug-likeness (QED) is 0.675. The maximum atomic E-state index is 11.5. The standard InChI is InChI=1S/C11H10N4O2/c1-2-17-10(16)8-6-7-9(13-8)15-5-3-4-12-11(15)14-7/h3-6,13H,2H2,1H3. The van der Waals surface area contributed by atoms with Crippen LogP contribution in [0.5, 0.6) is 0 Å². The monoisotopic (exact) mass is 230 g/mol. The molecule has 0 spiro atoms. The Labute approximate surface area is 96.2 Å². The van der Waals surface area contributed by atoms with Crippen LogP contribution in [0.25, 0.3) is 16.9 Å². The van der Waals surface area contributed by atoms with Crippen molar-refractivity contribution in [1.82, 2.24) is 19.4 Å². The van der Waals surface area contributed by atoms with E-state index in [2.05, 4.69) is 15.0 Å². The maximum absolute atomic E-state index is 11.5. The molecule has 0 unspecified atom stereocenters. The highest BCUT2D eigenvalue weighted by Crippen LogP contribution is 2.16. The Morgan fingerprint density at radius 2 is 2.47 bits per heavy atom. The number of imidazole rings is 1. The van der Waals surface area contributed by atoms with Gasteiger partial charge in [-0.3, -0.25) is 4.40 Å². The van der Waals surface area contributed by atoms with Gasteiger partial charge in [-0.05, 0) is 19.1 Å². The lowest BCUT2D eigenvalue weighted by Gasteiger charge is -1.97. The Hall–Kier alpha value is -2.37. The molecule has 0 saturated carbocycles. The van der Waals surface area contributed by atoms with Crippen molar-refractivity contribution in [3.63, 3.8) is 0 Å². The second kappa shape index (κ2) is 3.58. The first kappa shape index (κ1) is 9.83. The minimum atomic E-state index is -0.372. The highest BCUT2D eigenvalue weighted by Gasteiger charge is 2.14. The van der Waals surface area contributed by atoms with Gasteiger partial charge in [-0.15, -0.1) is 0 Å². The fourth-order valence-corrected chi connectivity index (χ4v) is 1.75. The van der Waals surface area contributed by atoms with Crippen molar-refractivity contribution in [2.24, 2.45) is 0 Å². The topological polar surface area (TPSA) is 72.3 Å². The molecule has 86 valence electrons. The molecule has 0 atom stereocenters. The van der Waals surface area contributed by atoms with Gasteiger partial charge in [0.1, 0.15) is 16.9 Å². The highest BCUT2D eigenvalue weighted by molar-refractivity contribution is 5.93. The molecule has 0 bridgehead atoms. The zero-order valence-corrected chi connectivity index (χ0v) is 9.17. The summed E-state index contributed by atoms with van der Waals surface area (Å²) >= 11 is 0. The first-order chi connectivity index (χ1) is 8.29. The predicted octanol–water partition coefficient (Wildman–Crippen LogP) is 1.39. The van der Waals surface area contributed by atoms with E-state index in [0.717, 1.165) is 5.65 Å². The molecule has 0 aliphatic rings. The van der Waals surface area contributed by atoms with Gasteiger partial charge >= 0.3 is 5.97 Å². The third-order valence-corrected chi connectivity index (χ3v) is 2.46. The van der Waals surface area contributed by atoms with Crippen molar-refractivity contribution in [3.05, 3.63) is 30.2 Å². The summed E-state index contributed by atoms with van der Waals surface area (Å²) in [6.07, 6.45) is 3.51. The van der Waals surface area contributed by atoms with E-state index in [4.69, 9.17) is 4.74 Å². The number of aromatic nitrogens is 4. The summed E-state index contributed by atoms with van der Waals surface area (Å²) in [5.41, 5.74) is 1.85. The smallest absolute Gasteiger partial charge is 0.354 e. The summed E-state index contributed by atoms with van der Waals surface area (Å²) in [5, 5.41) is 0. The Morgan fingerprint density at radius 1 is 1.59 bits per heavy atom. The average Bonchev–Trinajstić information content (AvgIpc) is 2.86. The molecule has 3 heterocycles. The minimum absolute atomic E-state index is 0.352. The van der Waals surface area contributed by atoms with Crippen LogP contribution in [0.1, 0.15) is 17.4 Å². The second-order valence-electron chi connectivity index (χ2n) is 3.54. The summed E-state index contributed by atoms with van der Waals surface area (Å²) in [5.74, 6) is 0.229. The van der Waals surface area contributed by atoms with Crippen LogP contribution >= 0.6 is 0 Å². The second-order valence-corrected chi connectivity index (χ2v) is 3.54. The summed E-state index contributed by atoms with van der Waals surface area (Å²) in [6.45, 7) is 2.12. The zero-order valence-electron chi connectivity index (χ0n) is 9.17. The molecule has 6 nitrogen and oxygen atoms in total. The van der Waals surface area contributed by atoms with Crippen LogP contribution in [0.4, 0.5) is 0 Å². The van der Waals surface area contributed by atoms with Gasteiger partial charge in [0.2, 0.25) is 5.78 Å². The van der Waals surface area contributed by atoms with Gasteiger partial charge in [0.15, 0.2) is 0 Å². The normalized spacial score (nSPS) is 11.1. The molecule has 0 aliphatic heterocycles. The van der Waals surface area contributed by atoms with Gasteiger partial charge in [-0.2, -0.15) is 0 Å². The van der Waals surface area contributed by atoms with Gasteiger partial charge < -0.3 is 9.72 Å². The zero-order chi connectivity index (χ0) is 11.8. The Balaban J connectivity index is 2.17. The van der Waals surface area contributed by atoms with Crippen molar-refractivity contribution in [1.29, 1.82) is 0 Å². The largest absolute Gasteiger partial charge is 0.461 e. The fourth-order valence-electron chi connectivity index (χ4n) is 1.75. The number of esters is 1. The summed E-state index contributed by atoms with van der Waals surface area (Å²) < 4.78 is 6.71. The Bertz CT molecular complexity index is 698. The van der Waals surface area contributed by atoms with Crippen LogP contribution in [0, 0.1) is 0 Å². The lowest BCUT2D eigenvalue weighted by Crippen LogP contribution is -2.04. The first-order valence-electron chi connectivity index (χ1n) is 5.28. The Morgan fingerprint density at radius 3 is 3.29 bits per heavy atom. The van der Waals surface area contributed by atoms with E-state index in [1.807, 2.05) is 6.20 Å². The molecule has 6 heteroatoms. The van der Waals surface area contributed by atoms with Gasteiger partial charge in [0.25, 0.3) is 0 Å². The molecule has 0 saturated heterocycles. The van der Waals surface area contributed by atoms with Crippen molar-refractivity contribution < 1.29 is 9.53 Å². The van der Waals surface area contributed by atoms with Crippen LogP contribution in [0.2, 0.25) is 0 Å². The van der Waals surface area contributed by atoms with Crippen molar-refractivity contribution in [2.45, 2.75) is 6.92 Å². The number of H-pyrrole nitrogens is 1. The lowest BCUT2D eigenvalue weighted by atomic mass is 10.4. The lowest BCUT2D eigenvalue weighted by molar-refractivity contribution is 0.0520. The summed E-state index contributed by atoms with van der Waals surface area (Å²) in [6, 6.07) is 3.47. The molecule has 3 aromatic heterocycles. The number of aromatic amines is 1. The average molecular weight is 230 g/mol. The number of rotatable bonds is 2. The molecule has 0 aromatic carbocycles. The van der Waals surface area contributed by atoms with Gasteiger partial charge in [-0.25, -0.2) is 14.8 Å². The van der Waals surface area contributed by atoms with Crippen LogP contribution in [-0.4, -0.2) is 31.9 Å². The molecule has 1 N–H and O–H groups in total. The van der Waals surface area contributed by atoms with E-state index >= 15 is 0 Å².